The van der Waals surface area contributed by atoms with Crippen molar-refractivity contribution in [3.63, 3.8) is 0 Å². The van der Waals surface area contributed by atoms with Gasteiger partial charge in [0.1, 0.15) is 11.5 Å². The minimum atomic E-state index is -0.823. The number of benzene rings is 2. The maximum atomic E-state index is 10.9. The second-order valence-electron chi connectivity index (χ2n) is 5.82. The molecule has 0 heterocycles. The largest absolute Gasteiger partial charge is 0.457 e. The molecule has 0 aliphatic heterocycles. The van der Waals surface area contributed by atoms with E-state index in [-0.39, 0.29) is 12.0 Å². The molecular formula is C18H17N3O3. The monoisotopic (exact) mass is 323 g/mol. The van der Waals surface area contributed by atoms with Crippen molar-refractivity contribution < 1.29 is 14.7 Å². The van der Waals surface area contributed by atoms with Gasteiger partial charge in [0.25, 0.3) is 0 Å². The van der Waals surface area contributed by atoms with Gasteiger partial charge in [0.05, 0.1) is 17.7 Å². The zero-order valence-electron chi connectivity index (χ0n) is 12.9. The molecule has 122 valence electrons. The van der Waals surface area contributed by atoms with Crippen LogP contribution in [0.3, 0.4) is 0 Å². The van der Waals surface area contributed by atoms with Crippen molar-refractivity contribution in [1.82, 2.24) is 5.06 Å². The van der Waals surface area contributed by atoms with Crippen LogP contribution in [-0.2, 0) is 0 Å². The summed E-state index contributed by atoms with van der Waals surface area (Å²) < 4.78 is 5.81. The van der Waals surface area contributed by atoms with Crippen molar-refractivity contribution in [2.75, 3.05) is 0 Å². The molecule has 3 N–H and O–H groups in total. The van der Waals surface area contributed by atoms with Crippen molar-refractivity contribution in [3.05, 3.63) is 59.7 Å². The maximum Gasteiger partial charge on any atom is 0.338 e. The van der Waals surface area contributed by atoms with Gasteiger partial charge in [-0.1, -0.05) is 12.1 Å². The first kappa shape index (κ1) is 15.8. The summed E-state index contributed by atoms with van der Waals surface area (Å²) in [5, 5.41) is 18.9. The molecule has 0 unspecified atom stereocenters. The second-order valence-corrected chi connectivity index (χ2v) is 5.82. The summed E-state index contributed by atoms with van der Waals surface area (Å²) in [5.74, 6) is 1.62. The molecule has 6 heteroatoms. The molecule has 1 saturated carbocycles. The molecule has 2 aromatic rings. The number of rotatable bonds is 4. The number of nitriles is 1. The van der Waals surface area contributed by atoms with Gasteiger partial charge in [-0.05, 0) is 60.7 Å². The first-order chi connectivity index (χ1) is 11.6. The van der Waals surface area contributed by atoms with Gasteiger partial charge in [0.15, 0.2) is 0 Å². The molecule has 24 heavy (non-hydrogen) atoms. The van der Waals surface area contributed by atoms with E-state index < -0.39 is 6.03 Å². The minimum absolute atomic E-state index is 0.226. The number of primary amides is 1. The Hall–Kier alpha value is -3.04. The van der Waals surface area contributed by atoms with Gasteiger partial charge in [0.2, 0.25) is 0 Å². The lowest BCUT2D eigenvalue weighted by Crippen LogP contribution is -2.47. The van der Waals surface area contributed by atoms with Crippen LogP contribution in [-0.4, -0.2) is 22.3 Å². The van der Waals surface area contributed by atoms with Crippen LogP contribution in [0.1, 0.15) is 29.9 Å². The molecule has 1 fully saturated rings. The van der Waals surface area contributed by atoms with Crippen molar-refractivity contribution in [2.45, 2.75) is 24.8 Å². The summed E-state index contributed by atoms with van der Waals surface area (Å²) in [6, 6.07) is 15.6. The molecule has 1 aliphatic carbocycles. The number of nitrogens with zero attached hydrogens (tertiary/aromatic N) is 2. The van der Waals surface area contributed by atoms with Gasteiger partial charge in [0, 0.05) is 0 Å². The fraction of sp³-hybridized carbons (Fsp3) is 0.222. The highest BCUT2D eigenvalue weighted by atomic mass is 16.5. The smallest absolute Gasteiger partial charge is 0.338 e. The van der Waals surface area contributed by atoms with E-state index in [1.807, 2.05) is 24.3 Å². The minimum Gasteiger partial charge on any atom is -0.457 e. The van der Waals surface area contributed by atoms with Crippen LogP contribution >= 0.6 is 0 Å². The highest BCUT2D eigenvalue weighted by Gasteiger charge is 2.36. The SMILES string of the molecule is N#Cc1ccc(Oc2cccc(C3CC(N(O)C(N)=O)C3)c2)cc1. The van der Waals surface area contributed by atoms with E-state index in [1.54, 1.807) is 24.3 Å². The Morgan fingerprint density at radius 2 is 1.92 bits per heavy atom. The van der Waals surface area contributed by atoms with Crippen LogP contribution < -0.4 is 10.5 Å². The number of hydroxylamine groups is 2. The number of carbonyl (C=O) groups excluding carboxylic acids is 1. The number of nitrogens with two attached hydrogens (primary N) is 1. The Morgan fingerprint density at radius 3 is 2.54 bits per heavy atom. The number of hydrogen-bond acceptors (Lipinski definition) is 4. The van der Waals surface area contributed by atoms with Gasteiger partial charge in [-0.25, -0.2) is 9.86 Å². The van der Waals surface area contributed by atoms with Crippen molar-refractivity contribution >= 4 is 6.03 Å². The molecule has 2 amide bonds. The molecule has 6 nitrogen and oxygen atoms in total. The molecule has 2 aromatic carbocycles. The third-order valence-electron chi connectivity index (χ3n) is 4.23. The molecule has 1 aliphatic rings. The average Bonchev–Trinajstić information content (AvgIpc) is 2.54. The predicted molar refractivity (Wildman–Crippen MR) is 86.6 cm³/mol. The Labute approximate surface area is 139 Å². The molecule has 0 saturated heterocycles. The lowest BCUT2D eigenvalue weighted by atomic mass is 9.75. The van der Waals surface area contributed by atoms with E-state index in [0.717, 1.165) is 5.56 Å². The van der Waals surface area contributed by atoms with E-state index >= 15 is 0 Å². The van der Waals surface area contributed by atoms with Gasteiger partial charge in [-0.15, -0.1) is 0 Å². The summed E-state index contributed by atoms with van der Waals surface area (Å²) in [4.78, 5) is 10.9. The lowest BCUT2D eigenvalue weighted by Gasteiger charge is -2.39. The lowest BCUT2D eigenvalue weighted by molar-refractivity contribution is -0.102. The van der Waals surface area contributed by atoms with Crippen LogP contribution in [0.25, 0.3) is 0 Å². The number of amides is 2. The summed E-state index contributed by atoms with van der Waals surface area (Å²) in [6.07, 6.45) is 1.33. The van der Waals surface area contributed by atoms with Crippen LogP contribution in [0.2, 0.25) is 0 Å². The fourth-order valence-electron chi connectivity index (χ4n) is 2.81. The molecular weight excluding hydrogens is 306 g/mol. The molecule has 0 spiro atoms. The van der Waals surface area contributed by atoms with Gasteiger partial charge >= 0.3 is 6.03 Å². The Bertz CT molecular complexity index is 777. The molecule has 0 aromatic heterocycles. The first-order valence-electron chi connectivity index (χ1n) is 7.62. The maximum absolute atomic E-state index is 10.9. The summed E-state index contributed by atoms with van der Waals surface area (Å²) in [7, 11) is 0. The van der Waals surface area contributed by atoms with Crippen LogP contribution in [0, 0.1) is 11.3 Å². The average molecular weight is 323 g/mol. The zero-order valence-corrected chi connectivity index (χ0v) is 12.9. The van der Waals surface area contributed by atoms with Crippen molar-refractivity contribution in [1.29, 1.82) is 5.26 Å². The van der Waals surface area contributed by atoms with Gasteiger partial charge < -0.3 is 10.5 Å². The van der Waals surface area contributed by atoms with Crippen molar-refractivity contribution in [3.8, 4) is 17.6 Å². The number of urea groups is 1. The Kier molecular flexibility index (Phi) is 4.36. The number of hydrogen-bond donors (Lipinski definition) is 2. The fourth-order valence-corrected chi connectivity index (χ4v) is 2.81. The normalized spacial score (nSPS) is 19.0. The highest BCUT2D eigenvalue weighted by Crippen LogP contribution is 2.40. The number of ether oxygens (including phenoxy) is 1. The third kappa shape index (κ3) is 3.31. The van der Waals surface area contributed by atoms with Crippen LogP contribution in [0.4, 0.5) is 4.79 Å². The van der Waals surface area contributed by atoms with Gasteiger partial charge in [-0.3, -0.25) is 5.21 Å². The summed E-state index contributed by atoms with van der Waals surface area (Å²) in [6.45, 7) is 0. The molecule has 0 atom stereocenters. The third-order valence-corrected chi connectivity index (χ3v) is 4.23. The van der Waals surface area contributed by atoms with E-state index in [0.29, 0.717) is 35.0 Å². The van der Waals surface area contributed by atoms with Crippen LogP contribution in [0.15, 0.2) is 48.5 Å². The van der Waals surface area contributed by atoms with E-state index in [1.165, 1.54) is 0 Å². The van der Waals surface area contributed by atoms with E-state index in [4.69, 9.17) is 15.7 Å². The summed E-state index contributed by atoms with van der Waals surface area (Å²) >= 11 is 0. The van der Waals surface area contributed by atoms with Crippen LogP contribution in [0.5, 0.6) is 11.5 Å². The number of carbonyl (C=O) groups is 1. The second kappa shape index (κ2) is 6.60. The van der Waals surface area contributed by atoms with Gasteiger partial charge in [-0.2, -0.15) is 5.26 Å². The standard InChI is InChI=1S/C18H17N3O3/c19-11-12-4-6-16(7-5-12)24-17-3-1-2-13(10-17)14-8-15(9-14)21(23)18(20)22/h1-7,10,14-15,23H,8-9H2,(H2,20,22). The first-order valence-corrected chi connectivity index (χ1v) is 7.62. The summed E-state index contributed by atoms with van der Waals surface area (Å²) in [5.41, 5.74) is 6.73. The van der Waals surface area contributed by atoms with E-state index in [2.05, 4.69) is 6.07 Å². The van der Waals surface area contributed by atoms with Crippen molar-refractivity contribution in [2.24, 2.45) is 5.73 Å². The topological polar surface area (TPSA) is 99.6 Å². The van der Waals surface area contributed by atoms with E-state index in [9.17, 15) is 10.0 Å². The Morgan fingerprint density at radius 1 is 1.21 bits per heavy atom. The highest BCUT2D eigenvalue weighted by molar-refractivity contribution is 5.71. The quantitative estimate of drug-likeness (QED) is 0.665. The molecule has 0 bridgehead atoms. The Balaban J connectivity index is 1.65. The molecule has 3 rings (SSSR count). The predicted octanol–water partition coefficient (Wildman–Crippen LogP) is 3.37. The molecule has 0 radical (unpaired) electrons. The zero-order chi connectivity index (χ0) is 17.1.